The highest BCUT2D eigenvalue weighted by Crippen LogP contribution is 2.19. The summed E-state index contributed by atoms with van der Waals surface area (Å²) in [7, 11) is 0. The first-order valence-corrected chi connectivity index (χ1v) is 7.86. The molecule has 0 aliphatic heterocycles. The summed E-state index contributed by atoms with van der Waals surface area (Å²) in [5, 5.41) is 4.24. The maximum atomic E-state index is 5.83. The van der Waals surface area contributed by atoms with Crippen molar-refractivity contribution in [2.24, 2.45) is 0 Å². The van der Waals surface area contributed by atoms with E-state index in [1.165, 1.54) is 11.3 Å². The molecular formula is C14H22ClNOS. The summed E-state index contributed by atoms with van der Waals surface area (Å²) in [5.74, 6) is 1.09. The lowest BCUT2D eigenvalue weighted by Crippen LogP contribution is -2.18. The highest BCUT2D eigenvalue weighted by atomic mass is 35.5. The molecule has 102 valence electrons. The molecule has 0 unspecified atom stereocenters. The Hall–Kier alpha value is -0.220. The van der Waals surface area contributed by atoms with Crippen LogP contribution in [0.15, 0.2) is 29.2 Å². The molecule has 0 aliphatic carbocycles. The van der Waals surface area contributed by atoms with Gasteiger partial charge in [0.1, 0.15) is 0 Å². The fourth-order valence-corrected chi connectivity index (χ4v) is 2.43. The molecule has 0 saturated carbocycles. The number of rotatable bonds is 10. The quantitative estimate of drug-likeness (QED) is 0.522. The zero-order valence-corrected chi connectivity index (χ0v) is 12.5. The van der Waals surface area contributed by atoms with Crippen LogP contribution in [-0.4, -0.2) is 32.1 Å². The van der Waals surface area contributed by atoms with Gasteiger partial charge in [-0.25, -0.2) is 0 Å². The molecule has 0 aromatic heterocycles. The van der Waals surface area contributed by atoms with Gasteiger partial charge in [0.15, 0.2) is 0 Å². The first kappa shape index (κ1) is 15.8. The van der Waals surface area contributed by atoms with Gasteiger partial charge in [0.25, 0.3) is 0 Å². The molecule has 0 atom stereocenters. The predicted octanol–water partition coefficient (Wildman–Crippen LogP) is 3.84. The van der Waals surface area contributed by atoms with E-state index in [0.29, 0.717) is 0 Å². The fraction of sp³-hybridized carbons (Fsp3) is 0.571. The Morgan fingerprint density at radius 1 is 1.17 bits per heavy atom. The zero-order valence-electron chi connectivity index (χ0n) is 11.0. The third-order valence-corrected chi connectivity index (χ3v) is 3.72. The minimum atomic E-state index is 0.798. The number of thioether (sulfide) groups is 1. The van der Waals surface area contributed by atoms with Gasteiger partial charge >= 0.3 is 0 Å². The van der Waals surface area contributed by atoms with Crippen molar-refractivity contribution in [3.05, 3.63) is 29.3 Å². The summed E-state index contributed by atoms with van der Waals surface area (Å²) < 4.78 is 5.29. The van der Waals surface area contributed by atoms with E-state index in [0.717, 1.165) is 43.5 Å². The lowest BCUT2D eigenvalue weighted by atomic mass is 10.3. The lowest BCUT2D eigenvalue weighted by Gasteiger charge is -2.05. The Morgan fingerprint density at radius 2 is 1.94 bits per heavy atom. The van der Waals surface area contributed by atoms with Gasteiger partial charge < -0.3 is 10.1 Å². The number of halogens is 1. The molecule has 0 amide bonds. The summed E-state index contributed by atoms with van der Waals surface area (Å²) in [6.45, 7) is 5.87. The molecular weight excluding hydrogens is 266 g/mol. The monoisotopic (exact) mass is 287 g/mol. The van der Waals surface area contributed by atoms with Crippen molar-refractivity contribution in [2.75, 3.05) is 32.1 Å². The van der Waals surface area contributed by atoms with Crippen molar-refractivity contribution in [1.82, 2.24) is 5.32 Å². The van der Waals surface area contributed by atoms with E-state index in [-0.39, 0.29) is 0 Å². The molecule has 1 rings (SSSR count). The van der Waals surface area contributed by atoms with E-state index in [9.17, 15) is 0 Å². The Kier molecular flexibility index (Phi) is 9.40. The number of hydrogen-bond donors (Lipinski definition) is 1. The van der Waals surface area contributed by atoms with E-state index in [4.69, 9.17) is 16.3 Å². The first-order chi connectivity index (χ1) is 8.83. The molecule has 0 bridgehead atoms. The van der Waals surface area contributed by atoms with Gasteiger partial charge in [-0.1, -0.05) is 11.6 Å². The third-order valence-electron chi connectivity index (χ3n) is 2.46. The van der Waals surface area contributed by atoms with Crippen LogP contribution in [0.3, 0.4) is 0 Å². The molecule has 2 nitrogen and oxygen atoms in total. The summed E-state index contributed by atoms with van der Waals surface area (Å²) in [6, 6.07) is 8.00. The molecule has 1 aromatic rings. The summed E-state index contributed by atoms with van der Waals surface area (Å²) >= 11 is 7.69. The van der Waals surface area contributed by atoms with Crippen molar-refractivity contribution in [2.45, 2.75) is 24.7 Å². The second-order valence-corrected chi connectivity index (χ2v) is 5.56. The van der Waals surface area contributed by atoms with Crippen molar-refractivity contribution >= 4 is 23.4 Å². The second-order valence-electron chi connectivity index (χ2n) is 3.96. The third kappa shape index (κ3) is 7.98. The van der Waals surface area contributed by atoms with Gasteiger partial charge in [0.2, 0.25) is 0 Å². The van der Waals surface area contributed by atoms with Gasteiger partial charge in [-0.15, -0.1) is 11.8 Å². The van der Waals surface area contributed by atoms with Gasteiger partial charge in [-0.05, 0) is 50.6 Å². The average Bonchev–Trinajstić information content (AvgIpc) is 2.39. The van der Waals surface area contributed by atoms with Crippen LogP contribution in [0.25, 0.3) is 0 Å². The standard InChI is InChI=1S/C14H22ClNOS/c1-2-17-11-4-3-9-16-10-12-18-14-7-5-13(15)6-8-14/h5-8,16H,2-4,9-12H2,1H3. The zero-order chi connectivity index (χ0) is 13.1. The Bertz CT molecular complexity index is 305. The Balaban J connectivity index is 1.91. The Labute approximate surface area is 119 Å². The van der Waals surface area contributed by atoms with Crippen molar-refractivity contribution in [3.8, 4) is 0 Å². The second kappa shape index (κ2) is 10.7. The molecule has 4 heteroatoms. The largest absolute Gasteiger partial charge is 0.382 e. The van der Waals surface area contributed by atoms with Crippen molar-refractivity contribution in [3.63, 3.8) is 0 Å². The van der Waals surface area contributed by atoms with Gasteiger partial charge in [-0.2, -0.15) is 0 Å². The molecule has 1 N–H and O–H groups in total. The predicted molar refractivity (Wildman–Crippen MR) is 80.8 cm³/mol. The van der Waals surface area contributed by atoms with E-state index < -0.39 is 0 Å². The molecule has 1 aromatic carbocycles. The van der Waals surface area contributed by atoms with Crippen LogP contribution in [0.5, 0.6) is 0 Å². The smallest absolute Gasteiger partial charge is 0.0466 e. The number of ether oxygens (including phenoxy) is 1. The van der Waals surface area contributed by atoms with E-state index in [1.54, 1.807) is 0 Å². The molecule has 0 radical (unpaired) electrons. The molecule has 0 fully saturated rings. The van der Waals surface area contributed by atoms with Crippen LogP contribution in [-0.2, 0) is 4.74 Å². The summed E-state index contributed by atoms with van der Waals surface area (Å²) in [4.78, 5) is 1.28. The lowest BCUT2D eigenvalue weighted by molar-refractivity contribution is 0.143. The molecule has 18 heavy (non-hydrogen) atoms. The average molecular weight is 288 g/mol. The summed E-state index contributed by atoms with van der Waals surface area (Å²) in [6.07, 6.45) is 2.33. The van der Waals surface area contributed by atoms with Crippen LogP contribution in [0.2, 0.25) is 5.02 Å². The van der Waals surface area contributed by atoms with Gasteiger partial charge in [-0.3, -0.25) is 0 Å². The molecule has 0 aliphatic rings. The number of hydrogen-bond acceptors (Lipinski definition) is 3. The number of nitrogens with one attached hydrogen (secondary N) is 1. The maximum Gasteiger partial charge on any atom is 0.0466 e. The van der Waals surface area contributed by atoms with E-state index in [2.05, 4.69) is 17.4 Å². The minimum absolute atomic E-state index is 0.798. The number of unbranched alkanes of at least 4 members (excludes halogenated alkanes) is 1. The normalized spacial score (nSPS) is 10.8. The van der Waals surface area contributed by atoms with Crippen molar-refractivity contribution < 1.29 is 4.74 Å². The number of benzene rings is 1. The first-order valence-electron chi connectivity index (χ1n) is 6.49. The highest BCUT2D eigenvalue weighted by Gasteiger charge is 1.94. The highest BCUT2D eigenvalue weighted by molar-refractivity contribution is 7.99. The van der Waals surface area contributed by atoms with Gasteiger partial charge in [0, 0.05) is 35.4 Å². The molecule has 0 heterocycles. The van der Waals surface area contributed by atoms with Crippen LogP contribution < -0.4 is 5.32 Å². The SMILES string of the molecule is CCOCCCCNCCSc1ccc(Cl)cc1. The van der Waals surface area contributed by atoms with Crippen molar-refractivity contribution in [1.29, 1.82) is 0 Å². The molecule has 0 spiro atoms. The van der Waals surface area contributed by atoms with E-state index >= 15 is 0 Å². The van der Waals surface area contributed by atoms with Crippen LogP contribution in [0.1, 0.15) is 19.8 Å². The topological polar surface area (TPSA) is 21.3 Å². The van der Waals surface area contributed by atoms with E-state index in [1.807, 2.05) is 30.8 Å². The van der Waals surface area contributed by atoms with Crippen LogP contribution >= 0.6 is 23.4 Å². The maximum absolute atomic E-state index is 5.83. The molecule has 0 saturated heterocycles. The summed E-state index contributed by atoms with van der Waals surface area (Å²) in [5.41, 5.74) is 0. The fourth-order valence-electron chi connectivity index (χ4n) is 1.50. The van der Waals surface area contributed by atoms with Gasteiger partial charge in [0.05, 0.1) is 0 Å². The van der Waals surface area contributed by atoms with Crippen LogP contribution in [0.4, 0.5) is 0 Å². The van der Waals surface area contributed by atoms with Crippen LogP contribution in [0, 0.1) is 0 Å². The Morgan fingerprint density at radius 3 is 2.67 bits per heavy atom. The minimum Gasteiger partial charge on any atom is -0.382 e.